The first-order chi connectivity index (χ1) is 5.65. The predicted octanol–water partition coefficient (Wildman–Crippen LogP) is 0.816. The maximum Gasteiger partial charge on any atom is 0.0365 e. The van der Waals surface area contributed by atoms with E-state index in [0.717, 1.165) is 0 Å². The molecule has 0 spiro atoms. The maximum atomic E-state index is 5.68. The highest BCUT2D eigenvalue weighted by atomic mass is 15.5. The zero-order chi connectivity index (χ0) is 9.56. The molecule has 1 atom stereocenters. The van der Waals surface area contributed by atoms with Crippen molar-refractivity contribution in [3.8, 4) is 0 Å². The van der Waals surface area contributed by atoms with Crippen LogP contribution in [0, 0.1) is 5.92 Å². The largest absolute Gasteiger partial charge is 0.329 e. The van der Waals surface area contributed by atoms with Crippen LogP contribution < -0.4 is 11.2 Å². The Morgan fingerprint density at radius 2 is 1.75 bits per heavy atom. The molecule has 3 N–H and O–H groups in total. The molecule has 0 aliphatic heterocycles. The summed E-state index contributed by atoms with van der Waals surface area (Å²) in [4.78, 5) is 0. The molecule has 0 aromatic heterocycles. The number of nitrogens with two attached hydrogens (primary N) is 1. The van der Waals surface area contributed by atoms with Crippen molar-refractivity contribution < 1.29 is 0 Å². The van der Waals surface area contributed by atoms with E-state index in [0.29, 0.717) is 18.5 Å². The van der Waals surface area contributed by atoms with E-state index in [1.54, 1.807) is 0 Å². The summed E-state index contributed by atoms with van der Waals surface area (Å²) in [6.07, 6.45) is 2.39. The fourth-order valence-electron chi connectivity index (χ4n) is 1.54. The summed E-state index contributed by atoms with van der Waals surface area (Å²) >= 11 is 0. The molecule has 0 aliphatic rings. The highest BCUT2D eigenvalue weighted by molar-refractivity contribution is 4.73. The quantitative estimate of drug-likeness (QED) is 0.584. The van der Waals surface area contributed by atoms with Crippen LogP contribution in [0.1, 0.15) is 26.7 Å². The molecule has 3 nitrogen and oxygen atoms in total. The zero-order valence-corrected chi connectivity index (χ0v) is 8.80. The number of nitrogens with zero attached hydrogens (tertiary/aromatic N) is 1. The van der Waals surface area contributed by atoms with Crippen LogP contribution in [0.4, 0.5) is 0 Å². The zero-order valence-electron chi connectivity index (χ0n) is 8.80. The molecule has 0 fully saturated rings. The van der Waals surface area contributed by atoms with E-state index in [1.807, 2.05) is 19.1 Å². The van der Waals surface area contributed by atoms with Crippen LogP contribution in [-0.2, 0) is 0 Å². The minimum absolute atomic E-state index is 0.426. The normalized spacial score (nSPS) is 14.2. The molecule has 0 saturated carbocycles. The van der Waals surface area contributed by atoms with Gasteiger partial charge in [0, 0.05) is 26.7 Å². The van der Waals surface area contributed by atoms with Gasteiger partial charge < -0.3 is 5.73 Å². The van der Waals surface area contributed by atoms with Gasteiger partial charge in [-0.3, -0.25) is 10.4 Å². The van der Waals surface area contributed by atoms with E-state index in [2.05, 4.69) is 19.3 Å². The van der Waals surface area contributed by atoms with Gasteiger partial charge in [-0.05, 0) is 5.92 Å². The lowest BCUT2D eigenvalue weighted by molar-refractivity contribution is 0.193. The van der Waals surface area contributed by atoms with Gasteiger partial charge in [-0.25, -0.2) is 0 Å². The molecule has 3 heteroatoms. The maximum absolute atomic E-state index is 5.68. The molecule has 1 unspecified atom stereocenters. The molecule has 0 heterocycles. The van der Waals surface area contributed by atoms with Gasteiger partial charge in [-0.15, -0.1) is 0 Å². The molecular weight excluding hydrogens is 150 g/mol. The van der Waals surface area contributed by atoms with Crippen LogP contribution in [0.2, 0.25) is 0 Å². The molecule has 74 valence electrons. The highest BCUT2D eigenvalue weighted by Gasteiger charge is 2.16. The van der Waals surface area contributed by atoms with E-state index >= 15 is 0 Å². The second-order valence-electron chi connectivity index (χ2n) is 3.44. The number of hydrogen-bond donors (Lipinski definition) is 2. The molecule has 0 saturated heterocycles. The third-order valence-corrected chi connectivity index (χ3v) is 2.30. The van der Waals surface area contributed by atoms with Crippen LogP contribution in [0.15, 0.2) is 0 Å². The second-order valence-corrected chi connectivity index (χ2v) is 3.44. The molecule has 0 bridgehead atoms. The molecule has 0 aliphatic carbocycles. The summed E-state index contributed by atoms with van der Waals surface area (Å²) in [5.74, 6) is 0.692. The lowest BCUT2D eigenvalue weighted by Gasteiger charge is -2.28. The first-order valence-electron chi connectivity index (χ1n) is 4.79. The molecule has 12 heavy (non-hydrogen) atoms. The Labute approximate surface area is 76.3 Å². The molecule has 0 aromatic carbocycles. The minimum Gasteiger partial charge on any atom is -0.329 e. The third kappa shape index (κ3) is 4.04. The van der Waals surface area contributed by atoms with E-state index in [-0.39, 0.29) is 0 Å². The van der Waals surface area contributed by atoms with Crippen molar-refractivity contribution >= 4 is 0 Å². The van der Waals surface area contributed by atoms with E-state index in [4.69, 9.17) is 5.73 Å². The average molecular weight is 173 g/mol. The monoisotopic (exact) mass is 173 g/mol. The van der Waals surface area contributed by atoms with Crippen LogP contribution in [0.3, 0.4) is 0 Å². The Balaban J connectivity index is 3.92. The lowest BCUT2D eigenvalue weighted by Crippen LogP contribution is -2.48. The second kappa shape index (κ2) is 6.40. The van der Waals surface area contributed by atoms with Gasteiger partial charge in [0.05, 0.1) is 0 Å². The first-order valence-corrected chi connectivity index (χ1v) is 4.79. The van der Waals surface area contributed by atoms with Gasteiger partial charge in [0.15, 0.2) is 0 Å². The van der Waals surface area contributed by atoms with Crippen molar-refractivity contribution in [1.29, 1.82) is 0 Å². The van der Waals surface area contributed by atoms with Crippen molar-refractivity contribution in [1.82, 2.24) is 10.4 Å². The molecule has 0 aromatic rings. The summed E-state index contributed by atoms with van der Waals surface area (Å²) < 4.78 is 0. The third-order valence-electron chi connectivity index (χ3n) is 2.30. The summed E-state index contributed by atoms with van der Waals surface area (Å²) in [7, 11) is 4.01. The van der Waals surface area contributed by atoms with Crippen molar-refractivity contribution in [3.05, 3.63) is 0 Å². The van der Waals surface area contributed by atoms with E-state index in [1.165, 1.54) is 12.8 Å². The van der Waals surface area contributed by atoms with E-state index < -0.39 is 0 Å². The van der Waals surface area contributed by atoms with Gasteiger partial charge in [-0.2, -0.15) is 0 Å². The summed E-state index contributed by atoms with van der Waals surface area (Å²) in [5, 5.41) is 1.98. The first kappa shape index (κ1) is 11.9. The van der Waals surface area contributed by atoms with Gasteiger partial charge >= 0.3 is 0 Å². The SMILES string of the molecule is CCC(CC)C(CN)NN(C)C. The standard InChI is InChI=1S/C9H23N3/c1-5-8(6-2)9(7-10)11-12(3)4/h8-9,11H,5-7,10H2,1-4H3. The Morgan fingerprint density at radius 1 is 1.25 bits per heavy atom. The summed E-state index contributed by atoms with van der Waals surface area (Å²) in [6.45, 7) is 5.15. The van der Waals surface area contributed by atoms with Crippen LogP contribution >= 0.6 is 0 Å². The van der Waals surface area contributed by atoms with Crippen molar-refractivity contribution in [2.24, 2.45) is 11.7 Å². The summed E-state index contributed by atoms with van der Waals surface area (Å²) in [6, 6.07) is 0.426. The Hall–Kier alpha value is -0.120. The smallest absolute Gasteiger partial charge is 0.0365 e. The fourth-order valence-corrected chi connectivity index (χ4v) is 1.54. The van der Waals surface area contributed by atoms with Crippen molar-refractivity contribution in [2.45, 2.75) is 32.7 Å². The van der Waals surface area contributed by atoms with Crippen molar-refractivity contribution in [3.63, 3.8) is 0 Å². The lowest BCUT2D eigenvalue weighted by atomic mass is 9.95. The average Bonchev–Trinajstić information content (AvgIpc) is 2.04. The van der Waals surface area contributed by atoms with Crippen LogP contribution in [0.25, 0.3) is 0 Å². The van der Waals surface area contributed by atoms with Gasteiger partial charge in [0.1, 0.15) is 0 Å². The Kier molecular flexibility index (Phi) is 6.34. The Morgan fingerprint density at radius 3 is 2.00 bits per heavy atom. The molecule has 0 amide bonds. The minimum atomic E-state index is 0.426. The van der Waals surface area contributed by atoms with Crippen LogP contribution in [-0.4, -0.2) is 31.7 Å². The highest BCUT2D eigenvalue weighted by Crippen LogP contribution is 2.12. The van der Waals surface area contributed by atoms with E-state index in [9.17, 15) is 0 Å². The number of hydrogen-bond acceptors (Lipinski definition) is 3. The molecule has 0 radical (unpaired) electrons. The Bertz CT molecular complexity index is 99.9. The number of hydrazine groups is 1. The number of nitrogens with one attached hydrogen (secondary N) is 1. The topological polar surface area (TPSA) is 41.3 Å². The predicted molar refractivity (Wildman–Crippen MR) is 53.7 cm³/mol. The summed E-state index contributed by atoms with van der Waals surface area (Å²) in [5.41, 5.74) is 9.02. The fraction of sp³-hybridized carbons (Fsp3) is 1.00. The van der Waals surface area contributed by atoms with Gasteiger partial charge in [-0.1, -0.05) is 26.7 Å². The van der Waals surface area contributed by atoms with Gasteiger partial charge in [0.2, 0.25) is 0 Å². The molecular formula is C9H23N3. The molecule has 0 rings (SSSR count). The van der Waals surface area contributed by atoms with Crippen LogP contribution in [0.5, 0.6) is 0 Å². The van der Waals surface area contributed by atoms with Gasteiger partial charge in [0.25, 0.3) is 0 Å². The van der Waals surface area contributed by atoms with Crippen molar-refractivity contribution in [2.75, 3.05) is 20.6 Å². The number of rotatable bonds is 6.